The van der Waals surface area contributed by atoms with Crippen LogP contribution in [-0.4, -0.2) is 41.5 Å². The predicted molar refractivity (Wildman–Crippen MR) is 105 cm³/mol. The van der Waals surface area contributed by atoms with Crippen molar-refractivity contribution in [2.24, 2.45) is 11.1 Å². The van der Waals surface area contributed by atoms with Crippen molar-refractivity contribution in [1.82, 2.24) is 4.90 Å². The topological polar surface area (TPSA) is 62.1 Å². The number of oxime groups is 1. The van der Waals surface area contributed by atoms with Gasteiger partial charge < -0.3 is 14.8 Å². The standard InChI is InChI=1S/C21H28N2O3/c1-17(2)11-12-19(18-8-4-3-5-9-18)16-22-26-15-13-20-10-6-7-14-23(20)21(24)25/h3-6,8-10,12,16-17,20H,7,11,13-15H2,1-2H3,(H,24,25). The SMILES string of the molecule is CC(C)CC=C(C=NOCCC1C=CCCN1C(=O)O)c1ccccc1. The van der Waals surface area contributed by atoms with Crippen molar-refractivity contribution >= 4 is 17.9 Å². The largest absolute Gasteiger partial charge is 0.465 e. The average Bonchev–Trinajstić information content (AvgIpc) is 2.64. The van der Waals surface area contributed by atoms with Gasteiger partial charge in [-0.25, -0.2) is 4.79 Å². The molecule has 1 aliphatic heterocycles. The van der Waals surface area contributed by atoms with Crippen LogP contribution in [0.25, 0.3) is 5.57 Å². The minimum absolute atomic E-state index is 0.137. The van der Waals surface area contributed by atoms with E-state index >= 15 is 0 Å². The first-order valence-electron chi connectivity index (χ1n) is 9.15. The van der Waals surface area contributed by atoms with Crippen LogP contribution in [0.3, 0.4) is 0 Å². The Hall–Kier alpha value is -2.56. The lowest BCUT2D eigenvalue weighted by Crippen LogP contribution is -2.41. The van der Waals surface area contributed by atoms with Crippen LogP contribution in [0.5, 0.6) is 0 Å². The summed E-state index contributed by atoms with van der Waals surface area (Å²) in [4.78, 5) is 18.1. The van der Waals surface area contributed by atoms with Crippen molar-refractivity contribution < 1.29 is 14.7 Å². The highest BCUT2D eigenvalue weighted by molar-refractivity contribution is 6.09. The number of rotatable bonds is 8. The second kappa shape index (κ2) is 10.4. The predicted octanol–water partition coefficient (Wildman–Crippen LogP) is 4.82. The molecule has 0 saturated carbocycles. The molecule has 0 saturated heterocycles. The van der Waals surface area contributed by atoms with Crippen molar-refractivity contribution in [2.45, 2.75) is 39.2 Å². The molecule has 1 aliphatic rings. The molecule has 0 fully saturated rings. The van der Waals surface area contributed by atoms with Crippen molar-refractivity contribution in [1.29, 1.82) is 0 Å². The zero-order valence-corrected chi connectivity index (χ0v) is 15.5. The fourth-order valence-electron chi connectivity index (χ4n) is 2.78. The van der Waals surface area contributed by atoms with Crippen molar-refractivity contribution in [2.75, 3.05) is 13.2 Å². The molecule has 0 bridgehead atoms. The maximum absolute atomic E-state index is 11.2. The third-order valence-electron chi connectivity index (χ3n) is 4.23. The molecular formula is C21H28N2O3. The summed E-state index contributed by atoms with van der Waals surface area (Å²) in [7, 11) is 0. The summed E-state index contributed by atoms with van der Waals surface area (Å²) in [6, 6.07) is 9.96. The van der Waals surface area contributed by atoms with E-state index in [4.69, 9.17) is 4.84 Å². The van der Waals surface area contributed by atoms with Gasteiger partial charge in [0.05, 0.1) is 12.3 Å². The second-order valence-corrected chi connectivity index (χ2v) is 6.77. The van der Waals surface area contributed by atoms with E-state index in [2.05, 4.69) is 37.2 Å². The Kier molecular flexibility index (Phi) is 7.93. The summed E-state index contributed by atoms with van der Waals surface area (Å²) < 4.78 is 0. The molecule has 1 heterocycles. The summed E-state index contributed by atoms with van der Waals surface area (Å²) in [5.74, 6) is 0.572. The van der Waals surface area contributed by atoms with Crippen LogP contribution in [0.15, 0.2) is 53.7 Å². The van der Waals surface area contributed by atoms with Crippen LogP contribution in [0.2, 0.25) is 0 Å². The lowest BCUT2D eigenvalue weighted by Gasteiger charge is -2.29. The Morgan fingerprint density at radius 1 is 1.38 bits per heavy atom. The maximum atomic E-state index is 11.2. The number of benzene rings is 1. The van der Waals surface area contributed by atoms with Crippen molar-refractivity contribution in [3.8, 4) is 0 Å². The highest BCUT2D eigenvalue weighted by atomic mass is 16.6. The minimum atomic E-state index is -0.883. The van der Waals surface area contributed by atoms with Gasteiger partial charge in [0, 0.05) is 13.0 Å². The quantitative estimate of drug-likeness (QED) is 0.314. The van der Waals surface area contributed by atoms with Gasteiger partial charge in [0.1, 0.15) is 6.61 Å². The zero-order valence-electron chi connectivity index (χ0n) is 15.5. The highest BCUT2D eigenvalue weighted by Gasteiger charge is 2.22. The number of amides is 1. The monoisotopic (exact) mass is 356 g/mol. The first-order valence-corrected chi connectivity index (χ1v) is 9.15. The summed E-state index contributed by atoms with van der Waals surface area (Å²) in [5, 5.41) is 13.3. The molecule has 26 heavy (non-hydrogen) atoms. The van der Waals surface area contributed by atoms with Crippen molar-refractivity contribution in [3.05, 3.63) is 54.1 Å². The molecule has 2 rings (SSSR count). The van der Waals surface area contributed by atoms with Crippen LogP contribution in [0.1, 0.15) is 38.7 Å². The third kappa shape index (κ3) is 6.39. The van der Waals surface area contributed by atoms with Gasteiger partial charge in [0.25, 0.3) is 0 Å². The van der Waals surface area contributed by atoms with E-state index in [0.29, 0.717) is 25.5 Å². The number of carboxylic acid groups (broad SMARTS) is 1. The van der Waals surface area contributed by atoms with E-state index in [-0.39, 0.29) is 6.04 Å². The fourth-order valence-corrected chi connectivity index (χ4v) is 2.78. The van der Waals surface area contributed by atoms with Gasteiger partial charge in [0.15, 0.2) is 0 Å². The van der Waals surface area contributed by atoms with Crippen LogP contribution in [-0.2, 0) is 4.84 Å². The van der Waals surface area contributed by atoms with Gasteiger partial charge in [-0.15, -0.1) is 0 Å². The summed E-state index contributed by atoms with van der Waals surface area (Å²) in [6.45, 7) is 5.27. The summed E-state index contributed by atoms with van der Waals surface area (Å²) in [6.07, 6.45) is 9.31. The first kappa shape index (κ1) is 19.8. The van der Waals surface area contributed by atoms with E-state index < -0.39 is 6.09 Å². The zero-order chi connectivity index (χ0) is 18.8. The molecule has 1 N–H and O–H groups in total. The molecule has 1 atom stereocenters. The lowest BCUT2D eigenvalue weighted by atomic mass is 10.0. The molecule has 1 aromatic carbocycles. The summed E-state index contributed by atoms with van der Waals surface area (Å²) >= 11 is 0. The smallest absolute Gasteiger partial charge is 0.407 e. The van der Waals surface area contributed by atoms with Gasteiger partial charge >= 0.3 is 6.09 Å². The Bertz CT molecular complexity index is 650. The highest BCUT2D eigenvalue weighted by Crippen LogP contribution is 2.16. The van der Waals surface area contributed by atoms with E-state index in [9.17, 15) is 9.90 Å². The molecule has 0 aromatic heterocycles. The minimum Gasteiger partial charge on any atom is -0.465 e. The Balaban J connectivity index is 1.90. The lowest BCUT2D eigenvalue weighted by molar-refractivity contribution is 0.102. The van der Waals surface area contributed by atoms with Gasteiger partial charge in [-0.1, -0.05) is 67.6 Å². The Labute approximate surface area is 155 Å². The van der Waals surface area contributed by atoms with Crippen LogP contribution < -0.4 is 0 Å². The van der Waals surface area contributed by atoms with E-state index in [1.54, 1.807) is 6.21 Å². The molecule has 1 unspecified atom stereocenters. The molecular weight excluding hydrogens is 328 g/mol. The van der Waals surface area contributed by atoms with Gasteiger partial charge in [-0.05, 0) is 29.9 Å². The molecule has 0 aliphatic carbocycles. The second-order valence-electron chi connectivity index (χ2n) is 6.77. The Morgan fingerprint density at radius 3 is 2.85 bits per heavy atom. The molecule has 0 radical (unpaired) electrons. The van der Waals surface area contributed by atoms with Crippen LogP contribution >= 0.6 is 0 Å². The third-order valence-corrected chi connectivity index (χ3v) is 4.23. The van der Waals surface area contributed by atoms with Gasteiger partial charge in [-0.2, -0.15) is 0 Å². The number of hydrogen-bond donors (Lipinski definition) is 1. The first-order chi connectivity index (χ1) is 12.6. The average molecular weight is 356 g/mol. The Morgan fingerprint density at radius 2 is 2.15 bits per heavy atom. The fraction of sp³-hybridized carbons (Fsp3) is 0.429. The van der Waals surface area contributed by atoms with E-state index in [0.717, 1.165) is 24.0 Å². The molecule has 0 spiro atoms. The maximum Gasteiger partial charge on any atom is 0.407 e. The normalized spacial score (nSPS) is 17.9. The van der Waals surface area contributed by atoms with Crippen LogP contribution in [0.4, 0.5) is 4.79 Å². The molecule has 5 heteroatoms. The molecule has 5 nitrogen and oxygen atoms in total. The summed E-state index contributed by atoms with van der Waals surface area (Å²) in [5.41, 5.74) is 2.14. The molecule has 1 amide bonds. The number of allylic oxidation sites excluding steroid dienone is 2. The van der Waals surface area contributed by atoms with E-state index in [1.165, 1.54) is 4.90 Å². The van der Waals surface area contributed by atoms with E-state index in [1.807, 2.05) is 30.4 Å². The molecule has 1 aromatic rings. The van der Waals surface area contributed by atoms with Gasteiger partial charge in [-0.3, -0.25) is 0 Å². The number of nitrogens with zero attached hydrogens (tertiary/aromatic N) is 2. The number of hydrogen-bond acceptors (Lipinski definition) is 3. The van der Waals surface area contributed by atoms with Crippen LogP contribution in [0, 0.1) is 5.92 Å². The van der Waals surface area contributed by atoms with Gasteiger partial charge in [0.2, 0.25) is 0 Å². The molecule has 140 valence electrons. The number of carbonyl (C=O) groups is 1. The van der Waals surface area contributed by atoms with Crippen molar-refractivity contribution in [3.63, 3.8) is 0 Å².